The standard InChI is InChI=1S/C15H17N/c1-3-15(16-2)11-12-8-9-13-6-4-5-7-14(13)10-12/h3-10,16H,11H2,1-2H3. The van der Waals surface area contributed by atoms with Gasteiger partial charge in [-0.15, -0.1) is 0 Å². The highest BCUT2D eigenvalue weighted by molar-refractivity contribution is 5.83. The third-order valence-corrected chi connectivity index (χ3v) is 2.88. The minimum Gasteiger partial charge on any atom is -0.391 e. The summed E-state index contributed by atoms with van der Waals surface area (Å²) < 4.78 is 0. The van der Waals surface area contributed by atoms with Crippen LogP contribution in [-0.4, -0.2) is 7.05 Å². The highest BCUT2D eigenvalue weighted by Crippen LogP contribution is 2.17. The maximum absolute atomic E-state index is 3.21. The Labute approximate surface area is 96.8 Å². The summed E-state index contributed by atoms with van der Waals surface area (Å²) in [4.78, 5) is 0. The lowest BCUT2D eigenvalue weighted by atomic mass is 10.0. The highest BCUT2D eigenvalue weighted by atomic mass is 14.8. The first-order valence-electron chi connectivity index (χ1n) is 5.64. The molecular formula is C15H17N. The van der Waals surface area contributed by atoms with Crippen molar-refractivity contribution in [3.8, 4) is 0 Å². The molecule has 82 valence electrons. The normalized spacial score (nSPS) is 11.8. The van der Waals surface area contributed by atoms with Crippen LogP contribution in [-0.2, 0) is 6.42 Å². The van der Waals surface area contributed by atoms with Gasteiger partial charge in [0, 0.05) is 19.2 Å². The van der Waals surface area contributed by atoms with Gasteiger partial charge in [0.15, 0.2) is 0 Å². The molecule has 1 nitrogen and oxygen atoms in total. The van der Waals surface area contributed by atoms with Gasteiger partial charge in [0.2, 0.25) is 0 Å². The van der Waals surface area contributed by atoms with E-state index in [9.17, 15) is 0 Å². The topological polar surface area (TPSA) is 12.0 Å². The number of rotatable bonds is 3. The summed E-state index contributed by atoms with van der Waals surface area (Å²) >= 11 is 0. The number of hydrogen-bond acceptors (Lipinski definition) is 1. The average Bonchev–Trinajstić information content (AvgIpc) is 2.35. The van der Waals surface area contributed by atoms with E-state index in [2.05, 4.69) is 60.8 Å². The zero-order valence-corrected chi connectivity index (χ0v) is 9.83. The van der Waals surface area contributed by atoms with Crippen molar-refractivity contribution in [2.75, 3.05) is 7.05 Å². The molecule has 1 heteroatoms. The van der Waals surface area contributed by atoms with Crippen LogP contribution >= 0.6 is 0 Å². The first-order chi connectivity index (χ1) is 7.83. The van der Waals surface area contributed by atoms with E-state index in [0.29, 0.717) is 0 Å². The highest BCUT2D eigenvalue weighted by Gasteiger charge is 1.98. The van der Waals surface area contributed by atoms with E-state index in [0.717, 1.165) is 6.42 Å². The van der Waals surface area contributed by atoms with Crippen LogP contribution in [0.15, 0.2) is 54.2 Å². The van der Waals surface area contributed by atoms with Crippen LogP contribution in [0.4, 0.5) is 0 Å². The fourth-order valence-corrected chi connectivity index (χ4v) is 1.90. The summed E-state index contributed by atoms with van der Waals surface area (Å²) in [5.74, 6) is 0. The van der Waals surface area contributed by atoms with Crippen molar-refractivity contribution in [2.24, 2.45) is 0 Å². The van der Waals surface area contributed by atoms with Crippen LogP contribution < -0.4 is 5.32 Å². The Kier molecular flexibility index (Phi) is 3.25. The molecule has 0 fully saturated rings. The molecule has 0 amide bonds. The van der Waals surface area contributed by atoms with Crippen molar-refractivity contribution in [2.45, 2.75) is 13.3 Å². The van der Waals surface area contributed by atoms with Gasteiger partial charge in [-0.25, -0.2) is 0 Å². The fraction of sp³-hybridized carbons (Fsp3) is 0.200. The third kappa shape index (κ3) is 2.25. The van der Waals surface area contributed by atoms with E-state index >= 15 is 0 Å². The molecule has 2 aromatic rings. The fourth-order valence-electron chi connectivity index (χ4n) is 1.90. The number of benzene rings is 2. The van der Waals surface area contributed by atoms with E-state index in [1.165, 1.54) is 22.0 Å². The lowest BCUT2D eigenvalue weighted by molar-refractivity contribution is 0.917. The van der Waals surface area contributed by atoms with Crippen molar-refractivity contribution >= 4 is 10.8 Å². The summed E-state index contributed by atoms with van der Waals surface area (Å²) in [6.45, 7) is 2.06. The predicted molar refractivity (Wildman–Crippen MR) is 70.5 cm³/mol. The van der Waals surface area contributed by atoms with Crippen molar-refractivity contribution < 1.29 is 0 Å². The van der Waals surface area contributed by atoms with Crippen LogP contribution in [0.3, 0.4) is 0 Å². The van der Waals surface area contributed by atoms with Crippen LogP contribution in [0.5, 0.6) is 0 Å². The molecule has 1 N–H and O–H groups in total. The molecule has 0 saturated heterocycles. The third-order valence-electron chi connectivity index (χ3n) is 2.88. The van der Waals surface area contributed by atoms with Gasteiger partial charge >= 0.3 is 0 Å². The zero-order valence-electron chi connectivity index (χ0n) is 9.83. The smallest absolute Gasteiger partial charge is 0.0120 e. The molecule has 2 rings (SSSR count). The van der Waals surface area contributed by atoms with Crippen LogP contribution in [0.2, 0.25) is 0 Å². The number of hydrogen-bond donors (Lipinski definition) is 1. The Morgan fingerprint density at radius 3 is 2.56 bits per heavy atom. The molecule has 0 radical (unpaired) electrons. The number of likely N-dealkylation sites (N-methyl/N-ethyl adjacent to an activating group) is 1. The lowest BCUT2D eigenvalue weighted by Gasteiger charge is -2.07. The van der Waals surface area contributed by atoms with Crippen molar-refractivity contribution in [1.82, 2.24) is 5.32 Å². The maximum atomic E-state index is 3.21. The Hall–Kier alpha value is -1.76. The summed E-state index contributed by atoms with van der Waals surface area (Å²) in [7, 11) is 1.97. The molecule has 2 aromatic carbocycles. The van der Waals surface area contributed by atoms with Gasteiger partial charge in [0.05, 0.1) is 0 Å². The second-order valence-corrected chi connectivity index (χ2v) is 3.92. The largest absolute Gasteiger partial charge is 0.391 e. The minimum atomic E-state index is 0.970. The summed E-state index contributed by atoms with van der Waals surface area (Å²) in [5, 5.41) is 5.82. The molecule has 0 aromatic heterocycles. The van der Waals surface area contributed by atoms with Crippen LogP contribution in [0, 0.1) is 0 Å². The summed E-state index contributed by atoms with van der Waals surface area (Å²) in [6, 6.07) is 15.1. The Bertz CT molecular complexity index is 512. The molecule has 0 atom stereocenters. The first kappa shape index (κ1) is 10.7. The van der Waals surface area contributed by atoms with Crippen molar-refractivity contribution in [3.63, 3.8) is 0 Å². The van der Waals surface area contributed by atoms with Gasteiger partial charge < -0.3 is 5.32 Å². The molecule has 0 saturated carbocycles. The lowest BCUT2D eigenvalue weighted by Crippen LogP contribution is -2.07. The van der Waals surface area contributed by atoms with Crippen LogP contribution in [0.1, 0.15) is 12.5 Å². The Balaban J connectivity index is 2.32. The molecule has 0 aliphatic carbocycles. The van der Waals surface area contributed by atoms with E-state index in [1.54, 1.807) is 0 Å². The molecule has 0 unspecified atom stereocenters. The van der Waals surface area contributed by atoms with Gasteiger partial charge in [0.1, 0.15) is 0 Å². The minimum absolute atomic E-state index is 0.970. The molecule has 16 heavy (non-hydrogen) atoms. The Morgan fingerprint density at radius 1 is 1.12 bits per heavy atom. The molecule has 0 spiro atoms. The average molecular weight is 211 g/mol. The van der Waals surface area contributed by atoms with Gasteiger partial charge in [-0.3, -0.25) is 0 Å². The second kappa shape index (κ2) is 4.84. The second-order valence-electron chi connectivity index (χ2n) is 3.92. The zero-order chi connectivity index (χ0) is 11.4. The van der Waals surface area contributed by atoms with Gasteiger partial charge in [-0.1, -0.05) is 48.5 Å². The van der Waals surface area contributed by atoms with Crippen molar-refractivity contribution in [1.29, 1.82) is 0 Å². The Morgan fingerprint density at radius 2 is 1.88 bits per heavy atom. The van der Waals surface area contributed by atoms with E-state index in [1.807, 2.05) is 7.05 Å². The number of allylic oxidation sites excluding steroid dienone is 2. The maximum Gasteiger partial charge on any atom is 0.0120 e. The SMILES string of the molecule is CC=C(Cc1ccc2ccccc2c1)NC. The number of fused-ring (bicyclic) bond motifs is 1. The molecule has 0 heterocycles. The van der Waals surface area contributed by atoms with Gasteiger partial charge in [-0.05, 0) is 23.3 Å². The first-order valence-corrected chi connectivity index (χ1v) is 5.64. The van der Waals surface area contributed by atoms with Gasteiger partial charge in [-0.2, -0.15) is 0 Å². The summed E-state index contributed by atoms with van der Waals surface area (Å²) in [6.07, 6.45) is 3.09. The molecule has 0 aliphatic heterocycles. The monoisotopic (exact) mass is 211 g/mol. The molecule has 0 bridgehead atoms. The molecule has 0 aliphatic rings. The predicted octanol–water partition coefficient (Wildman–Crippen LogP) is 3.51. The van der Waals surface area contributed by atoms with E-state index < -0.39 is 0 Å². The van der Waals surface area contributed by atoms with Crippen LogP contribution in [0.25, 0.3) is 10.8 Å². The van der Waals surface area contributed by atoms with Gasteiger partial charge in [0.25, 0.3) is 0 Å². The summed E-state index contributed by atoms with van der Waals surface area (Å²) in [5.41, 5.74) is 2.61. The molecular weight excluding hydrogens is 194 g/mol. The van der Waals surface area contributed by atoms with E-state index in [4.69, 9.17) is 0 Å². The van der Waals surface area contributed by atoms with Crippen molar-refractivity contribution in [3.05, 3.63) is 59.8 Å². The number of nitrogens with one attached hydrogen (secondary N) is 1. The quantitative estimate of drug-likeness (QED) is 0.819. The van der Waals surface area contributed by atoms with E-state index in [-0.39, 0.29) is 0 Å².